The summed E-state index contributed by atoms with van der Waals surface area (Å²) in [6, 6.07) is 26.4. The molecule has 0 bridgehead atoms. The molecule has 3 rings (SSSR count). The fraction of sp³-hybridized carbons (Fsp3) is 0.160. The second-order valence-corrected chi connectivity index (χ2v) is 7.83. The van der Waals surface area contributed by atoms with Crippen LogP contribution in [0.5, 0.6) is 0 Å². The van der Waals surface area contributed by atoms with E-state index in [1.54, 1.807) is 18.2 Å². The lowest BCUT2D eigenvalue weighted by Gasteiger charge is -2.19. The van der Waals surface area contributed by atoms with E-state index in [1.807, 2.05) is 80.6 Å². The van der Waals surface area contributed by atoms with E-state index in [2.05, 4.69) is 16.0 Å². The molecule has 158 valence electrons. The number of benzene rings is 3. The summed E-state index contributed by atoms with van der Waals surface area (Å²) in [6.07, 6.45) is 0. The van der Waals surface area contributed by atoms with Crippen LogP contribution in [-0.4, -0.2) is 16.9 Å². The molecular weight excluding hydrogens is 406 g/mol. The zero-order valence-electron chi connectivity index (χ0n) is 17.5. The summed E-state index contributed by atoms with van der Waals surface area (Å²) in [5.41, 5.74) is 3.09. The lowest BCUT2D eigenvalue weighted by Crippen LogP contribution is -2.37. The van der Waals surface area contributed by atoms with E-state index in [1.165, 1.54) is 0 Å². The molecule has 0 spiro atoms. The molecule has 0 heterocycles. The van der Waals surface area contributed by atoms with Crippen LogP contribution in [-0.2, 0) is 9.59 Å². The second kappa shape index (κ2) is 10.5. The molecule has 0 aliphatic rings. The van der Waals surface area contributed by atoms with Crippen LogP contribution in [0.2, 0.25) is 0 Å². The molecule has 6 heteroatoms. The summed E-state index contributed by atoms with van der Waals surface area (Å²) in [4.78, 5) is 25.1. The zero-order chi connectivity index (χ0) is 22.2. The fourth-order valence-corrected chi connectivity index (χ4v) is 3.31. The van der Waals surface area contributed by atoms with Crippen molar-refractivity contribution in [3.8, 4) is 0 Å². The molecule has 5 nitrogen and oxygen atoms in total. The number of amides is 2. The van der Waals surface area contributed by atoms with Crippen molar-refractivity contribution in [2.24, 2.45) is 5.92 Å². The first kappa shape index (κ1) is 22.2. The highest BCUT2D eigenvalue weighted by Crippen LogP contribution is 2.25. The maximum atomic E-state index is 13.1. The Morgan fingerprint density at radius 1 is 0.710 bits per heavy atom. The second-order valence-electron chi connectivity index (χ2n) is 7.42. The van der Waals surface area contributed by atoms with Gasteiger partial charge in [0.15, 0.2) is 5.11 Å². The van der Waals surface area contributed by atoms with Crippen molar-refractivity contribution in [1.82, 2.24) is 5.32 Å². The van der Waals surface area contributed by atoms with Gasteiger partial charge in [0.1, 0.15) is 0 Å². The minimum atomic E-state index is -0.487. The number of rotatable bonds is 6. The predicted octanol–water partition coefficient (Wildman–Crippen LogP) is 4.93. The Hall–Kier alpha value is -3.51. The number of thiocarbonyl (C=S) groups is 1. The van der Waals surface area contributed by atoms with Crippen molar-refractivity contribution in [2.45, 2.75) is 19.8 Å². The smallest absolute Gasteiger partial charge is 0.238 e. The molecule has 3 N–H and O–H groups in total. The van der Waals surface area contributed by atoms with Gasteiger partial charge in [-0.3, -0.25) is 9.59 Å². The summed E-state index contributed by atoms with van der Waals surface area (Å²) < 4.78 is 0. The fourth-order valence-electron chi connectivity index (χ4n) is 3.09. The Kier molecular flexibility index (Phi) is 7.51. The van der Waals surface area contributed by atoms with E-state index in [0.29, 0.717) is 11.4 Å². The number of carbonyl (C=O) groups excluding carboxylic acids is 2. The first-order valence-corrected chi connectivity index (χ1v) is 10.5. The van der Waals surface area contributed by atoms with Gasteiger partial charge in [0, 0.05) is 17.3 Å². The summed E-state index contributed by atoms with van der Waals surface area (Å²) in [6.45, 7) is 3.66. The van der Waals surface area contributed by atoms with Crippen molar-refractivity contribution in [3.63, 3.8) is 0 Å². The molecule has 0 fully saturated rings. The molecular formula is C25H25N3O2S. The van der Waals surface area contributed by atoms with E-state index >= 15 is 0 Å². The van der Waals surface area contributed by atoms with Crippen LogP contribution in [0.15, 0.2) is 84.9 Å². The van der Waals surface area contributed by atoms with Crippen molar-refractivity contribution in [2.75, 3.05) is 10.6 Å². The molecule has 0 aromatic heterocycles. The first-order chi connectivity index (χ1) is 14.9. The minimum Gasteiger partial charge on any atom is -0.332 e. The molecule has 2 amide bonds. The van der Waals surface area contributed by atoms with Crippen molar-refractivity contribution < 1.29 is 9.59 Å². The molecule has 0 aliphatic carbocycles. The molecule has 0 saturated carbocycles. The van der Waals surface area contributed by atoms with Gasteiger partial charge in [-0.05, 0) is 41.5 Å². The van der Waals surface area contributed by atoms with E-state index < -0.39 is 5.92 Å². The van der Waals surface area contributed by atoms with E-state index in [4.69, 9.17) is 12.2 Å². The molecule has 31 heavy (non-hydrogen) atoms. The first-order valence-electron chi connectivity index (χ1n) is 10.1. The Balaban J connectivity index is 1.72. The predicted molar refractivity (Wildman–Crippen MR) is 129 cm³/mol. The van der Waals surface area contributed by atoms with Gasteiger partial charge in [-0.15, -0.1) is 0 Å². The van der Waals surface area contributed by atoms with Crippen LogP contribution in [0, 0.1) is 5.92 Å². The molecule has 3 aromatic rings. The lowest BCUT2D eigenvalue weighted by atomic mass is 9.90. The van der Waals surface area contributed by atoms with Gasteiger partial charge in [-0.1, -0.05) is 80.6 Å². The van der Waals surface area contributed by atoms with Crippen LogP contribution < -0.4 is 16.0 Å². The lowest BCUT2D eigenvalue weighted by molar-refractivity contribution is -0.120. The number of anilines is 2. The number of carbonyl (C=O) groups is 2. The third kappa shape index (κ3) is 6.23. The minimum absolute atomic E-state index is 0.0680. The monoisotopic (exact) mass is 431 g/mol. The third-order valence-electron chi connectivity index (χ3n) is 4.68. The van der Waals surface area contributed by atoms with Crippen LogP contribution in [0.1, 0.15) is 30.9 Å². The quantitative estimate of drug-likeness (QED) is 0.484. The van der Waals surface area contributed by atoms with Crippen LogP contribution in [0.25, 0.3) is 0 Å². The van der Waals surface area contributed by atoms with Gasteiger partial charge in [-0.25, -0.2) is 0 Å². The molecule has 0 aliphatic heterocycles. The average Bonchev–Trinajstić information content (AvgIpc) is 2.75. The Morgan fingerprint density at radius 3 is 1.74 bits per heavy atom. The van der Waals surface area contributed by atoms with Gasteiger partial charge >= 0.3 is 0 Å². The number of hydrogen-bond acceptors (Lipinski definition) is 3. The molecule has 0 unspecified atom stereocenters. The Morgan fingerprint density at radius 2 is 1.23 bits per heavy atom. The van der Waals surface area contributed by atoms with Crippen molar-refractivity contribution in [1.29, 1.82) is 0 Å². The molecule has 0 saturated heterocycles. The van der Waals surface area contributed by atoms with Gasteiger partial charge in [0.25, 0.3) is 0 Å². The Bertz CT molecular complexity index is 1010. The van der Waals surface area contributed by atoms with Crippen molar-refractivity contribution in [3.05, 3.63) is 96.1 Å². The van der Waals surface area contributed by atoms with Crippen LogP contribution in [0.4, 0.5) is 11.4 Å². The van der Waals surface area contributed by atoms with E-state index in [9.17, 15) is 9.59 Å². The number of nitrogens with one attached hydrogen (secondary N) is 3. The summed E-state index contributed by atoms with van der Waals surface area (Å²) in [7, 11) is 0. The van der Waals surface area contributed by atoms with Gasteiger partial charge in [0.05, 0.1) is 5.92 Å². The largest absolute Gasteiger partial charge is 0.332 e. The molecule has 0 radical (unpaired) electrons. The van der Waals surface area contributed by atoms with Gasteiger partial charge < -0.3 is 16.0 Å². The van der Waals surface area contributed by atoms with Crippen molar-refractivity contribution >= 4 is 40.5 Å². The third-order valence-corrected chi connectivity index (χ3v) is 4.88. The topological polar surface area (TPSA) is 70.2 Å². The summed E-state index contributed by atoms with van der Waals surface area (Å²) >= 11 is 5.37. The summed E-state index contributed by atoms with van der Waals surface area (Å²) in [5, 5.41) is 8.86. The van der Waals surface area contributed by atoms with Crippen LogP contribution >= 0.6 is 12.2 Å². The highest BCUT2D eigenvalue weighted by atomic mass is 32.1. The van der Waals surface area contributed by atoms with E-state index in [-0.39, 0.29) is 22.8 Å². The average molecular weight is 432 g/mol. The Labute approximate surface area is 187 Å². The zero-order valence-corrected chi connectivity index (χ0v) is 18.3. The maximum Gasteiger partial charge on any atom is 0.238 e. The van der Waals surface area contributed by atoms with Gasteiger partial charge in [-0.2, -0.15) is 0 Å². The normalized spacial score (nSPS) is 10.6. The highest BCUT2D eigenvalue weighted by Gasteiger charge is 2.23. The maximum absolute atomic E-state index is 13.1. The van der Waals surface area contributed by atoms with Gasteiger partial charge in [0.2, 0.25) is 11.8 Å². The molecule has 0 atom stereocenters. The molecule has 3 aromatic carbocycles. The summed E-state index contributed by atoms with van der Waals surface area (Å²) in [5.74, 6) is -0.899. The standard InChI is InChI=1S/C25H25N3O2S/c1-17(2)23(29)26-20-14-9-15-21(16-20)27-25(31)28-24(30)22(18-10-5-3-6-11-18)19-12-7-4-8-13-19/h3-17,22H,1-2H3,(H,26,29)(H2,27,28,30,31). The SMILES string of the molecule is CC(C)C(=O)Nc1cccc(NC(=S)NC(=O)C(c2ccccc2)c2ccccc2)c1. The number of hydrogen-bond donors (Lipinski definition) is 3. The van der Waals surface area contributed by atoms with E-state index in [0.717, 1.165) is 11.1 Å². The van der Waals surface area contributed by atoms with Crippen LogP contribution in [0.3, 0.4) is 0 Å². The highest BCUT2D eigenvalue weighted by molar-refractivity contribution is 7.80.